The van der Waals surface area contributed by atoms with Crippen molar-refractivity contribution in [2.75, 3.05) is 0 Å². The van der Waals surface area contributed by atoms with Crippen LogP contribution < -0.4 is 13.7 Å². The summed E-state index contributed by atoms with van der Waals surface area (Å²) >= 11 is 0. The molecule has 0 atom stereocenters. The summed E-state index contributed by atoms with van der Waals surface area (Å²) < 4.78 is 14.0. The number of aryl methyl sites for hydroxylation is 6. The molecule has 6 heteroatoms. The van der Waals surface area contributed by atoms with E-state index in [9.17, 15) is 0 Å². The highest BCUT2D eigenvalue weighted by atomic mass is 15.1. The molecule has 0 aliphatic carbocycles. The van der Waals surface area contributed by atoms with Gasteiger partial charge in [0.2, 0.25) is 19.0 Å². The van der Waals surface area contributed by atoms with Gasteiger partial charge in [-0.3, -0.25) is 0 Å². The SMILES string of the molecule is CCCCn1cc[n+](CCCCCCn2cc[n+](CCCCCC[n+]3ccn(CCCC)c3)c2)c1. The van der Waals surface area contributed by atoms with Crippen molar-refractivity contribution >= 4 is 0 Å². The Balaban J connectivity index is 1.17. The van der Waals surface area contributed by atoms with E-state index in [4.69, 9.17) is 0 Å². The van der Waals surface area contributed by atoms with Crippen molar-refractivity contribution in [3.05, 3.63) is 56.2 Å². The van der Waals surface area contributed by atoms with Gasteiger partial charge in [-0.1, -0.05) is 26.7 Å². The molecule has 0 aliphatic rings. The first-order valence-corrected chi connectivity index (χ1v) is 14.4. The molecular weight excluding hydrogens is 432 g/mol. The second kappa shape index (κ2) is 16.3. The third-order valence-electron chi connectivity index (χ3n) is 6.94. The first-order chi connectivity index (χ1) is 17.3. The van der Waals surface area contributed by atoms with Crippen LogP contribution in [0, 0.1) is 0 Å². The van der Waals surface area contributed by atoms with Gasteiger partial charge in [-0.2, -0.15) is 0 Å². The molecule has 0 amide bonds. The normalized spacial score (nSPS) is 11.5. The second-order valence-electron chi connectivity index (χ2n) is 10.2. The Hall–Kier alpha value is -2.37. The molecule has 0 unspecified atom stereocenters. The van der Waals surface area contributed by atoms with Crippen LogP contribution in [0.2, 0.25) is 0 Å². The van der Waals surface area contributed by atoms with E-state index in [0.29, 0.717) is 0 Å². The van der Waals surface area contributed by atoms with Gasteiger partial charge in [-0.25, -0.2) is 27.4 Å². The van der Waals surface area contributed by atoms with Gasteiger partial charge in [0.25, 0.3) is 0 Å². The van der Waals surface area contributed by atoms with E-state index in [2.05, 4.69) is 97.4 Å². The van der Waals surface area contributed by atoms with Crippen LogP contribution in [0.4, 0.5) is 0 Å². The van der Waals surface area contributed by atoms with E-state index in [1.165, 1.54) is 77.0 Å². The molecule has 0 N–H and O–H groups in total. The quantitative estimate of drug-likeness (QED) is 0.158. The van der Waals surface area contributed by atoms with E-state index < -0.39 is 0 Å². The number of rotatable bonds is 20. The zero-order valence-corrected chi connectivity index (χ0v) is 22.6. The Kier molecular flexibility index (Phi) is 12.7. The minimum absolute atomic E-state index is 1.14. The van der Waals surface area contributed by atoms with E-state index in [-0.39, 0.29) is 0 Å². The van der Waals surface area contributed by atoms with Crippen molar-refractivity contribution in [1.82, 2.24) is 13.7 Å². The number of unbranched alkanes of at least 4 members (excludes halogenated alkanes) is 8. The molecule has 35 heavy (non-hydrogen) atoms. The Bertz CT molecular complexity index is 848. The molecule has 0 saturated heterocycles. The average Bonchev–Trinajstić information content (AvgIpc) is 3.62. The minimum Gasteiger partial charge on any atom is -0.237 e. The maximum Gasteiger partial charge on any atom is 0.243 e. The highest BCUT2D eigenvalue weighted by Gasteiger charge is 2.06. The Morgan fingerprint density at radius 1 is 0.429 bits per heavy atom. The van der Waals surface area contributed by atoms with Gasteiger partial charge in [-0.15, -0.1) is 0 Å². The van der Waals surface area contributed by atoms with Crippen LogP contribution in [0.5, 0.6) is 0 Å². The molecule has 0 radical (unpaired) electrons. The van der Waals surface area contributed by atoms with Crippen molar-refractivity contribution in [3.8, 4) is 0 Å². The fourth-order valence-electron chi connectivity index (χ4n) is 4.68. The fraction of sp³-hybridized carbons (Fsp3) is 0.690. The molecule has 0 bridgehead atoms. The molecule has 6 nitrogen and oxygen atoms in total. The van der Waals surface area contributed by atoms with Gasteiger partial charge in [0.15, 0.2) is 0 Å². The molecule has 3 heterocycles. The van der Waals surface area contributed by atoms with Crippen molar-refractivity contribution in [2.45, 2.75) is 130 Å². The molecule has 0 saturated carbocycles. The summed E-state index contributed by atoms with van der Waals surface area (Å²) in [5.41, 5.74) is 0. The van der Waals surface area contributed by atoms with Crippen LogP contribution in [0.3, 0.4) is 0 Å². The average molecular weight is 484 g/mol. The predicted octanol–water partition coefficient (Wildman–Crippen LogP) is 5.08. The van der Waals surface area contributed by atoms with Gasteiger partial charge < -0.3 is 0 Å². The summed E-state index contributed by atoms with van der Waals surface area (Å²) in [5.74, 6) is 0. The molecule has 0 aliphatic heterocycles. The van der Waals surface area contributed by atoms with Gasteiger partial charge in [0.1, 0.15) is 37.2 Å². The lowest BCUT2D eigenvalue weighted by Crippen LogP contribution is -2.31. The van der Waals surface area contributed by atoms with Gasteiger partial charge >= 0.3 is 0 Å². The largest absolute Gasteiger partial charge is 0.243 e. The summed E-state index contributed by atoms with van der Waals surface area (Å²) in [6, 6.07) is 0. The molecule has 0 aromatic carbocycles. The first kappa shape index (κ1) is 27.2. The highest BCUT2D eigenvalue weighted by Crippen LogP contribution is 2.04. The Morgan fingerprint density at radius 3 is 1.14 bits per heavy atom. The van der Waals surface area contributed by atoms with Crippen LogP contribution in [-0.4, -0.2) is 13.7 Å². The molecule has 194 valence electrons. The van der Waals surface area contributed by atoms with E-state index in [1.807, 2.05) is 0 Å². The summed E-state index contributed by atoms with van der Waals surface area (Å²) in [4.78, 5) is 0. The van der Waals surface area contributed by atoms with Gasteiger partial charge in [0, 0.05) is 0 Å². The van der Waals surface area contributed by atoms with E-state index in [1.54, 1.807) is 0 Å². The number of hydrogen-bond acceptors (Lipinski definition) is 0. The lowest BCUT2D eigenvalue weighted by atomic mass is 10.2. The second-order valence-corrected chi connectivity index (χ2v) is 10.2. The van der Waals surface area contributed by atoms with Crippen LogP contribution in [0.1, 0.15) is 90.9 Å². The number of hydrogen-bond donors (Lipinski definition) is 0. The molecular formula is C29H51N6+3. The van der Waals surface area contributed by atoms with Crippen LogP contribution in [0.25, 0.3) is 0 Å². The molecule has 0 spiro atoms. The third-order valence-corrected chi connectivity index (χ3v) is 6.94. The van der Waals surface area contributed by atoms with E-state index in [0.717, 1.165) is 39.3 Å². The van der Waals surface area contributed by atoms with Crippen LogP contribution in [-0.2, 0) is 39.3 Å². The Labute approximate surface area is 213 Å². The molecule has 3 aromatic rings. The number of imidazole rings is 3. The summed E-state index contributed by atoms with van der Waals surface area (Å²) in [5, 5.41) is 0. The minimum atomic E-state index is 1.14. The van der Waals surface area contributed by atoms with Gasteiger partial charge in [0.05, 0.1) is 39.3 Å². The lowest BCUT2D eigenvalue weighted by molar-refractivity contribution is -0.698. The smallest absolute Gasteiger partial charge is 0.237 e. The van der Waals surface area contributed by atoms with Crippen molar-refractivity contribution in [3.63, 3.8) is 0 Å². The van der Waals surface area contributed by atoms with Crippen molar-refractivity contribution in [2.24, 2.45) is 0 Å². The summed E-state index contributed by atoms with van der Waals surface area (Å²) in [6.45, 7) is 11.4. The van der Waals surface area contributed by atoms with Crippen LogP contribution >= 0.6 is 0 Å². The standard InChI is InChI=1S/C29H51N6/c1-3-5-15-30-21-23-32(27-30)17-11-7-9-13-19-34-25-26-35(29-34)20-14-10-8-12-18-33-24-22-31(28-33)16-6-4-2/h21-29H,3-20H2,1-2H3/q+3. The molecule has 3 rings (SSSR count). The molecule has 3 aromatic heterocycles. The van der Waals surface area contributed by atoms with Crippen molar-refractivity contribution < 1.29 is 13.7 Å². The first-order valence-electron chi connectivity index (χ1n) is 14.4. The molecule has 0 fully saturated rings. The zero-order chi connectivity index (χ0) is 24.6. The Morgan fingerprint density at radius 2 is 0.771 bits per heavy atom. The predicted molar refractivity (Wildman–Crippen MR) is 141 cm³/mol. The summed E-state index contributed by atoms with van der Waals surface area (Å²) in [6.07, 6.45) is 35.6. The van der Waals surface area contributed by atoms with Crippen LogP contribution in [0.15, 0.2) is 56.2 Å². The zero-order valence-electron chi connectivity index (χ0n) is 22.6. The fourth-order valence-corrected chi connectivity index (χ4v) is 4.68. The monoisotopic (exact) mass is 483 g/mol. The van der Waals surface area contributed by atoms with Crippen molar-refractivity contribution in [1.29, 1.82) is 0 Å². The number of aromatic nitrogens is 6. The van der Waals surface area contributed by atoms with Gasteiger partial charge in [-0.05, 0) is 64.2 Å². The summed E-state index contributed by atoms with van der Waals surface area (Å²) in [7, 11) is 0. The maximum atomic E-state index is 2.36. The number of nitrogens with zero attached hydrogens (tertiary/aromatic N) is 6. The topological polar surface area (TPSA) is 26.4 Å². The maximum absolute atomic E-state index is 2.36. The highest BCUT2D eigenvalue weighted by molar-refractivity contribution is 4.68. The van der Waals surface area contributed by atoms with E-state index >= 15 is 0 Å². The lowest BCUT2D eigenvalue weighted by Gasteiger charge is -2.00. The third kappa shape index (κ3) is 10.8.